The molecule has 1 aliphatic rings. The predicted molar refractivity (Wildman–Crippen MR) is 121 cm³/mol. The highest BCUT2D eigenvalue weighted by atomic mass is 16.2. The summed E-state index contributed by atoms with van der Waals surface area (Å²) in [5.74, 6) is 0.823. The third-order valence-electron chi connectivity index (χ3n) is 5.93. The van der Waals surface area contributed by atoms with Crippen LogP contribution in [0.3, 0.4) is 0 Å². The molecule has 1 N–H and O–H groups in total. The van der Waals surface area contributed by atoms with Gasteiger partial charge in [0.25, 0.3) is 0 Å². The van der Waals surface area contributed by atoms with E-state index in [1.165, 1.54) is 6.42 Å². The Morgan fingerprint density at radius 3 is 2.48 bits per heavy atom. The first-order valence-corrected chi connectivity index (χ1v) is 11.2. The van der Waals surface area contributed by atoms with Crippen molar-refractivity contribution < 1.29 is 9.59 Å². The average molecular weight is 419 g/mol. The number of fused-ring (bicyclic) bond motifs is 1. The maximum absolute atomic E-state index is 13.0. The quantitative estimate of drug-likeness (QED) is 0.634. The highest BCUT2D eigenvalue weighted by molar-refractivity contribution is 5.82. The molecule has 1 atom stereocenters. The summed E-state index contributed by atoms with van der Waals surface area (Å²) in [5, 5.41) is 3.07. The van der Waals surface area contributed by atoms with Gasteiger partial charge in [-0.25, -0.2) is 4.98 Å². The first-order valence-electron chi connectivity index (χ1n) is 11.2. The lowest BCUT2D eigenvalue weighted by Crippen LogP contribution is -2.38. The van der Waals surface area contributed by atoms with Crippen LogP contribution in [-0.2, 0) is 22.6 Å². The number of hydrogen-bond acceptors (Lipinski definition) is 3. The Labute approximate surface area is 183 Å². The Balaban J connectivity index is 1.48. The number of hydrogen-bond donors (Lipinski definition) is 1. The number of benzene rings is 2. The molecule has 1 fully saturated rings. The van der Waals surface area contributed by atoms with E-state index in [1.807, 2.05) is 71.0 Å². The number of amides is 2. The van der Waals surface area contributed by atoms with Gasteiger partial charge in [0.05, 0.1) is 17.1 Å². The largest absolute Gasteiger partial charge is 0.346 e. The van der Waals surface area contributed by atoms with Crippen molar-refractivity contribution in [3.8, 4) is 0 Å². The molecule has 0 radical (unpaired) electrons. The fraction of sp³-hybridized carbons (Fsp3) is 0.400. The second-order valence-corrected chi connectivity index (χ2v) is 8.26. The Kier molecular flexibility index (Phi) is 6.65. The summed E-state index contributed by atoms with van der Waals surface area (Å²) in [6, 6.07) is 17.5. The fourth-order valence-corrected chi connectivity index (χ4v) is 4.25. The van der Waals surface area contributed by atoms with E-state index in [1.54, 1.807) is 0 Å². The number of aromatic nitrogens is 2. The summed E-state index contributed by atoms with van der Waals surface area (Å²) in [6.07, 6.45) is 4.44. The molecule has 162 valence electrons. The zero-order valence-electron chi connectivity index (χ0n) is 18.1. The molecule has 6 nitrogen and oxygen atoms in total. The standard InChI is InChI=1S/C25H30N4O2/c1-19(26-23(30)15-14-20-10-4-2-5-11-20)25-27-21-12-6-7-13-22(21)29(25)18-24(31)28-16-8-3-9-17-28/h2,4-7,10-13,19H,3,8-9,14-18H2,1H3,(H,26,30). The van der Waals surface area contributed by atoms with Crippen molar-refractivity contribution in [1.29, 1.82) is 0 Å². The number of rotatable bonds is 7. The van der Waals surface area contributed by atoms with Crippen LogP contribution in [0.15, 0.2) is 54.6 Å². The van der Waals surface area contributed by atoms with E-state index in [-0.39, 0.29) is 24.4 Å². The molecule has 6 heteroatoms. The molecule has 31 heavy (non-hydrogen) atoms. The lowest BCUT2D eigenvalue weighted by atomic mass is 10.1. The van der Waals surface area contributed by atoms with Gasteiger partial charge in [0.2, 0.25) is 11.8 Å². The minimum absolute atomic E-state index is 0.0164. The maximum atomic E-state index is 13.0. The zero-order chi connectivity index (χ0) is 21.6. The van der Waals surface area contributed by atoms with Gasteiger partial charge in [0.15, 0.2) is 0 Å². The molecule has 2 amide bonds. The molecule has 1 aliphatic heterocycles. The molecule has 2 heterocycles. The van der Waals surface area contributed by atoms with Crippen LogP contribution in [0.5, 0.6) is 0 Å². The molecular weight excluding hydrogens is 388 g/mol. The van der Waals surface area contributed by atoms with Crippen LogP contribution in [0.1, 0.15) is 50.0 Å². The predicted octanol–water partition coefficient (Wildman–Crippen LogP) is 3.86. The number of carbonyl (C=O) groups is 2. The molecule has 0 bridgehead atoms. The molecule has 2 aromatic carbocycles. The number of piperidine rings is 1. The van der Waals surface area contributed by atoms with E-state index in [9.17, 15) is 9.59 Å². The average Bonchev–Trinajstić information content (AvgIpc) is 3.17. The van der Waals surface area contributed by atoms with E-state index in [4.69, 9.17) is 4.98 Å². The SMILES string of the molecule is CC(NC(=O)CCc1ccccc1)c1nc2ccccc2n1CC(=O)N1CCCCC1. The number of aryl methyl sites for hydroxylation is 1. The smallest absolute Gasteiger partial charge is 0.242 e. The highest BCUT2D eigenvalue weighted by Gasteiger charge is 2.23. The summed E-state index contributed by atoms with van der Waals surface area (Å²) in [4.78, 5) is 32.2. The molecule has 0 aliphatic carbocycles. The number of para-hydroxylation sites is 2. The minimum atomic E-state index is -0.287. The molecule has 0 saturated carbocycles. The Bertz CT molecular complexity index is 1040. The first kappa shape index (κ1) is 21.1. The van der Waals surface area contributed by atoms with Gasteiger partial charge in [-0.1, -0.05) is 42.5 Å². The highest BCUT2D eigenvalue weighted by Crippen LogP contribution is 2.22. The molecule has 1 aromatic heterocycles. The first-order chi connectivity index (χ1) is 15.1. The Hall–Kier alpha value is -3.15. The summed E-state index contributed by atoms with van der Waals surface area (Å²) >= 11 is 0. The van der Waals surface area contributed by atoms with Crippen molar-refractivity contribution >= 4 is 22.8 Å². The van der Waals surface area contributed by atoms with Crippen LogP contribution < -0.4 is 5.32 Å². The summed E-state index contributed by atoms with van der Waals surface area (Å²) in [6.45, 7) is 3.84. The minimum Gasteiger partial charge on any atom is -0.346 e. The molecule has 3 aromatic rings. The van der Waals surface area contributed by atoms with Crippen molar-refractivity contribution in [2.75, 3.05) is 13.1 Å². The third-order valence-corrected chi connectivity index (χ3v) is 5.93. The topological polar surface area (TPSA) is 67.2 Å². The summed E-state index contributed by atoms with van der Waals surface area (Å²) in [7, 11) is 0. The van der Waals surface area contributed by atoms with Gasteiger partial charge in [0.1, 0.15) is 12.4 Å². The normalized spacial score (nSPS) is 15.1. The van der Waals surface area contributed by atoms with Crippen molar-refractivity contribution in [2.45, 2.75) is 51.6 Å². The second kappa shape index (κ2) is 9.77. The lowest BCUT2D eigenvalue weighted by Gasteiger charge is -2.27. The van der Waals surface area contributed by atoms with Gasteiger partial charge >= 0.3 is 0 Å². The van der Waals surface area contributed by atoms with Gasteiger partial charge in [0, 0.05) is 19.5 Å². The van der Waals surface area contributed by atoms with Crippen LogP contribution in [0.2, 0.25) is 0 Å². The van der Waals surface area contributed by atoms with E-state index >= 15 is 0 Å². The molecule has 4 rings (SSSR count). The Morgan fingerprint density at radius 1 is 1.00 bits per heavy atom. The fourth-order valence-electron chi connectivity index (χ4n) is 4.25. The monoisotopic (exact) mass is 418 g/mol. The molecule has 0 spiro atoms. The van der Waals surface area contributed by atoms with Crippen LogP contribution in [-0.4, -0.2) is 39.4 Å². The van der Waals surface area contributed by atoms with Gasteiger partial charge in [-0.2, -0.15) is 0 Å². The summed E-state index contributed by atoms with van der Waals surface area (Å²) < 4.78 is 1.97. The van der Waals surface area contributed by atoms with Gasteiger partial charge in [-0.05, 0) is 50.3 Å². The van der Waals surface area contributed by atoms with Crippen molar-refractivity contribution in [1.82, 2.24) is 19.8 Å². The van der Waals surface area contributed by atoms with E-state index in [2.05, 4.69) is 5.32 Å². The van der Waals surface area contributed by atoms with Gasteiger partial charge in [-0.15, -0.1) is 0 Å². The molecule has 1 saturated heterocycles. The third kappa shape index (κ3) is 5.13. The van der Waals surface area contributed by atoms with Crippen molar-refractivity contribution in [2.24, 2.45) is 0 Å². The second-order valence-electron chi connectivity index (χ2n) is 8.26. The number of carbonyl (C=O) groups excluding carboxylic acids is 2. The number of nitrogens with zero attached hydrogens (tertiary/aromatic N) is 3. The maximum Gasteiger partial charge on any atom is 0.242 e. The van der Waals surface area contributed by atoms with Gasteiger partial charge < -0.3 is 14.8 Å². The molecular formula is C25H30N4O2. The van der Waals surface area contributed by atoms with E-state index in [0.29, 0.717) is 12.8 Å². The van der Waals surface area contributed by atoms with Crippen LogP contribution in [0.25, 0.3) is 11.0 Å². The van der Waals surface area contributed by atoms with Crippen LogP contribution in [0, 0.1) is 0 Å². The van der Waals surface area contributed by atoms with Crippen LogP contribution in [0.4, 0.5) is 0 Å². The van der Waals surface area contributed by atoms with Crippen molar-refractivity contribution in [3.05, 3.63) is 66.0 Å². The lowest BCUT2D eigenvalue weighted by molar-refractivity contribution is -0.132. The number of imidazole rings is 1. The van der Waals surface area contributed by atoms with E-state index in [0.717, 1.165) is 48.4 Å². The van der Waals surface area contributed by atoms with Crippen molar-refractivity contribution in [3.63, 3.8) is 0 Å². The summed E-state index contributed by atoms with van der Waals surface area (Å²) in [5.41, 5.74) is 2.91. The number of likely N-dealkylation sites (tertiary alicyclic amines) is 1. The Morgan fingerprint density at radius 2 is 1.71 bits per heavy atom. The van der Waals surface area contributed by atoms with E-state index < -0.39 is 0 Å². The molecule has 1 unspecified atom stereocenters. The van der Waals surface area contributed by atoms with Gasteiger partial charge in [-0.3, -0.25) is 9.59 Å². The zero-order valence-corrected chi connectivity index (χ0v) is 18.1. The number of nitrogens with one attached hydrogen (secondary N) is 1. The van der Waals surface area contributed by atoms with Crippen LogP contribution >= 0.6 is 0 Å².